The SMILES string of the molecule is N#CC1(c2ccc(N(C=O)c3ccccc3N)cc2)CCC1. The standard InChI is InChI=1S/C18H17N3O/c19-12-18(10-3-11-18)14-6-8-15(9-7-14)21(13-22)17-5-2-1-4-16(17)20/h1-2,4-9,13H,3,10-11,20H2. The molecule has 0 aliphatic heterocycles. The highest BCUT2D eigenvalue weighted by atomic mass is 16.1. The number of anilines is 3. The lowest BCUT2D eigenvalue weighted by Crippen LogP contribution is -2.32. The van der Waals surface area contributed by atoms with E-state index >= 15 is 0 Å². The fourth-order valence-electron chi connectivity index (χ4n) is 2.90. The lowest BCUT2D eigenvalue weighted by Gasteiger charge is -2.35. The van der Waals surface area contributed by atoms with Gasteiger partial charge in [0.05, 0.1) is 22.9 Å². The van der Waals surface area contributed by atoms with Gasteiger partial charge in [-0.25, -0.2) is 0 Å². The number of hydrogen-bond acceptors (Lipinski definition) is 3. The molecule has 0 unspecified atom stereocenters. The minimum absolute atomic E-state index is 0.337. The first kappa shape index (κ1) is 14.2. The molecule has 0 spiro atoms. The minimum Gasteiger partial charge on any atom is -0.397 e. The summed E-state index contributed by atoms with van der Waals surface area (Å²) in [4.78, 5) is 13.0. The lowest BCUT2D eigenvalue weighted by atomic mass is 9.65. The number of nitrogens with two attached hydrogens (primary N) is 1. The van der Waals surface area contributed by atoms with Crippen LogP contribution in [0.5, 0.6) is 0 Å². The molecule has 2 aromatic carbocycles. The number of rotatable bonds is 4. The van der Waals surface area contributed by atoms with Crippen molar-refractivity contribution in [2.24, 2.45) is 0 Å². The van der Waals surface area contributed by atoms with Crippen molar-refractivity contribution in [1.82, 2.24) is 0 Å². The predicted molar refractivity (Wildman–Crippen MR) is 86.6 cm³/mol. The number of nitriles is 1. The summed E-state index contributed by atoms with van der Waals surface area (Å²) >= 11 is 0. The molecule has 1 fully saturated rings. The van der Waals surface area contributed by atoms with E-state index in [0.29, 0.717) is 11.4 Å². The van der Waals surface area contributed by atoms with E-state index in [4.69, 9.17) is 5.73 Å². The van der Waals surface area contributed by atoms with E-state index in [2.05, 4.69) is 6.07 Å². The molecule has 110 valence electrons. The van der Waals surface area contributed by atoms with Gasteiger partial charge in [-0.3, -0.25) is 9.69 Å². The number of para-hydroxylation sites is 2. The van der Waals surface area contributed by atoms with Crippen molar-refractivity contribution in [3.8, 4) is 6.07 Å². The maximum atomic E-state index is 11.5. The Labute approximate surface area is 129 Å². The molecular weight excluding hydrogens is 274 g/mol. The molecule has 1 aliphatic carbocycles. The Morgan fingerprint density at radius 3 is 2.32 bits per heavy atom. The molecule has 2 N–H and O–H groups in total. The second-order valence-corrected chi connectivity index (χ2v) is 5.63. The van der Waals surface area contributed by atoms with Gasteiger partial charge in [0.25, 0.3) is 0 Å². The van der Waals surface area contributed by atoms with Gasteiger partial charge in [0.15, 0.2) is 0 Å². The Morgan fingerprint density at radius 2 is 1.82 bits per heavy atom. The zero-order valence-corrected chi connectivity index (χ0v) is 12.2. The second-order valence-electron chi connectivity index (χ2n) is 5.63. The number of benzene rings is 2. The third kappa shape index (κ3) is 2.21. The van der Waals surface area contributed by atoms with E-state index in [1.807, 2.05) is 36.4 Å². The van der Waals surface area contributed by atoms with Crippen LogP contribution in [0.15, 0.2) is 48.5 Å². The van der Waals surface area contributed by atoms with Crippen molar-refractivity contribution in [2.45, 2.75) is 24.7 Å². The number of carbonyl (C=O) groups excluding carboxylic acids is 1. The van der Waals surface area contributed by atoms with Crippen LogP contribution in [0.1, 0.15) is 24.8 Å². The first-order valence-electron chi connectivity index (χ1n) is 7.31. The second kappa shape index (κ2) is 5.53. The monoisotopic (exact) mass is 291 g/mol. The molecule has 4 nitrogen and oxygen atoms in total. The maximum absolute atomic E-state index is 11.5. The fourth-order valence-corrected chi connectivity index (χ4v) is 2.90. The fraction of sp³-hybridized carbons (Fsp3) is 0.222. The highest BCUT2D eigenvalue weighted by molar-refractivity contribution is 5.91. The molecule has 0 radical (unpaired) electrons. The summed E-state index contributed by atoms with van der Waals surface area (Å²) in [6.45, 7) is 0. The van der Waals surface area contributed by atoms with Crippen LogP contribution >= 0.6 is 0 Å². The topological polar surface area (TPSA) is 70.1 Å². The van der Waals surface area contributed by atoms with Crippen molar-refractivity contribution in [1.29, 1.82) is 5.26 Å². The van der Waals surface area contributed by atoms with E-state index < -0.39 is 0 Å². The van der Waals surface area contributed by atoms with E-state index in [1.165, 1.54) is 4.90 Å². The Morgan fingerprint density at radius 1 is 1.14 bits per heavy atom. The van der Waals surface area contributed by atoms with E-state index in [-0.39, 0.29) is 5.41 Å². The highest BCUT2D eigenvalue weighted by Gasteiger charge is 2.38. The molecule has 0 bridgehead atoms. The molecule has 4 heteroatoms. The highest BCUT2D eigenvalue weighted by Crippen LogP contribution is 2.43. The van der Waals surface area contributed by atoms with Gasteiger partial charge >= 0.3 is 0 Å². The van der Waals surface area contributed by atoms with Gasteiger partial charge < -0.3 is 5.73 Å². The normalized spacial score (nSPS) is 15.4. The largest absolute Gasteiger partial charge is 0.397 e. The zero-order chi connectivity index (χ0) is 15.6. The van der Waals surface area contributed by atoms with Gasteiger partial charge in [0.2, 0.25) is 6.41 Å². The third-order valence-electron chi connectivity index (χ3n) is 4.42. The maximum Gasteiger partial charge on any atom is 0.218 e. The molecular formula is C18H17N3O. The first-order valence-corrected chi connectivity index (χ1v) is 7.31. The lowest BCUT2D eigenvalue weighted by molar-refractivity contribution is -0.106. The van der Waals surface area contributed by atoms with Crippen molar-refractivity contribution >= 4 is 23.5 Å². The number of hydrogen-bond donors (Lipinski definition) is 1. The van der Waals surface area contributed by atoms with E-state index in [1.54, 1.807) is 12.1 Å². The van der Waals surface area contributed by atoms with Gasteiger partial charge in [0, 0.05) is 5.69 Å². The van der Waals surface area contributed by atoms with Crippen LogP contribution in [0.2, 0.25) is 0 Å². The Balaban J connectivity index is 1.93. The molecule has 1 aliphatic rings. The van der Waals surface area contributed by atoms with Crippen LogP contribution < -0.4 is 10.6 Å². The van der Waals surface area contributed by atoms with Crippen molar-refractivity contribution < 1.29 is 4.79 Å². The van der Waals surface area contributed by atoms with Gasteiger partial charge in [0.1, 0.15) is 0 Å². The number of amides is 1. The average molecular weight is 291 g/mol. The molecule has 22 heavy (non-hydrogen) atoms. The molecule has 1 saturated carbocycles. The van der Waals surface area contributed by atoms with Crippen molar-refractivity contribution in [2.75, 3.05) is 10.6 Å². The summed E-state index contributed by atoms with van der Waals surface area (Å²) in [6.07, 6.45) is 3.66. The van der Waals surface area contributed by atoms with E-state index in [0.717, 1.165) is 36.9 Å². The number of nitrogen functional groups attached to an aromatic ring is 1. The molecule has 0 aromatic heterocycles. The van der Waals surface area contributed by atoms with Gasteiger partial charge in [-0.1, -0.05) is 24.3 Å². The summed E-state index contributed by atoms with van der Waals surface area (Å²) in [5.41, 5.74) is 8.57. The van der Waals surface area contributed by atoms with Crippen LogP contribution in [0.3, 0.4) is 0 Å². The summed E-state index contributed by atoms with van der Waals surface area (Å²) in [5.74, 6) is 0. The number of carbonyl (C=O) groups is 1. The van der Waals surface area contributed by atoms with Crippen LogP contribution in [-0.4, -0.2) is 6.41 Å². The van der Waals surface area contributed by atoms with Gasteiger partial charge in [-0.15, -0.1) is 0 Å². The van der Waals surface area contributed by atoms with Crippen molar-refractivity contribution in [3.63, 3.8) is 0 Å². The smallest absolute Gasteiger partial charge is 0.218 e. The van der Waals surface area contributed by atoms with Gasteiger partial charge in [-0.05, 0) is 49.1 Å². The summed E-state index contributed by atoms with van der Waals surface area (Å²) in [7, 11) is 0. The Hall–Kier alpha value is -2.80. The average Bonchev–Trinajstić information content (AvgIpc) is 2.51. The van der Waals surface area contributed by atoms with Crippen LogP contribution in [0.25, 0.3) is 0 Å². The first-order chi connectivity index (χ1) is 10.7. The van der Waals surface area contributed by atoms with Gasteiger partial charge in [-0.2, -0.15) is 5.26 Å². The third-order valence-corrected chi connectivity index (χ3v) is 4.42. The van der Waals surface area contributed by atoms with Crippen LogP contribution in [0.4, 0.5) is 17.1 Å². The van der Waals surface area contributed by atoms with Crippen LogP contribution in [0, 0.1) is 11.3 Å². The molecule has 0 saturated heterocycles. The summed E-state index contributed by atoms with van der Waals surface area (Å²) in [6, 6.07) is 17.3. The Kier molecular flexibility index (Phi) is 3.56. The van der Waals surface area contributed by atoms with E-state index in [9.17, 15) is 10.1 Å². The molecule has 0 heterocycles. The summed E-state index contributed by atoms with van der Waals surface area (Å²) < 4.78 is 0. The molecule has 3 rings (SSSR count). The quantitative estimate of drug-likeness (QED) is 0.692. The zero-order valence-electron chi connectivity index (χ0n) is 12.2. The minimum atomic E-state index is -0.337. The summed E-state index contributed by atoms with van der Waals surface area (Å²) in [5, 5.41) is 9.40. The predicted octanol–water partition coefficient (Wildman–Crippen LogP) is 3.51. The Bertz CT molecular complexity index is 727. The molecule has 2 aromatic rings. The molecule has 0 atom stereocenters. The van der Waals surface area contributed by atoms with Crippen molar-refractivity contribution in [3.05, 3.63) is 54.1 Å². The van der Waals surface area contributed by atoms with Crippen LogP contribution in [-0.2, 0) is 10.2 Å². The number of nitrogens with zero attached hydrogens (tertiary/aromatic N) is 2. The molecule has 1 amide bonds.